The van der Waals surface area contributed by atoms with E-state index in [1.54, 1.807) is 27.7 Å². The number of nitriles is 1. The number of hydrogen-bond donors (Lipinski definition) is 0. The smallest absolute Gasteiger partial charge is 0.308 e. The van der Waals surface area contributed by atoms with Crippen LogP contribution in [0.25, 0.3) is 0 Å². The Labute approximate surface area is 79.4 Å². The van der Waals surface area contributed by atoms with Crippen LogP contribution in [0.5, 0.6) is 0 Å². The molecular weight excluding hydrogens is 189 g/mol. The maximum Gasteiger partial charge on any atom is 0.350 e. The minimum atomic E-state index is -3.28. The van der Waals surface area contributed by atoms with Crippen molar-refractivity contribution in [1.82, 2.24) is 0 Å². The van der Waals surface area contributed by atoms with Crippen LogP contribution in [-0.2, 0) is 13.6 Å². The molecule has 4 nitrogen and oxygen atoms in total. The molecule has 0 radical (unpaired) electrons. The molecule has 0 amide bonds. The first-order chi connectivity index (χ1) is 5.93. The largest absolute Gasteiger partial charge is 0.350 e. The fraction of sp³-hybridized carbons (Fsp3) is 0.875. The minimum Gasteiger partial charge on any atom is -0.308 e. The van der Waals surface area contributed by atoms with E-state index in [0.29, 0.717) is 0 Å². The van der Waals surface area contributed by atoms with Gasteiger partial charge in [0.25, 0.3) is 0 Å². The van der Waals surface area contributed by atoms with E-state index in [2.05, 4.69) is 0 Å². The molecule has 0 rings (SSSR count). The topological polar surface area (TPSA) is 59.3 Å². The van der Waals surface area contributed by atoms with Gasteiger partial charge in [-0.05, 0) is 27.7 Å². The van der Waals surface area contributed by atoms with Crippen molar-refractivity contribution in [2.45, 2.75) is 32.9 Å². The lowest BCUT2D eigenvalue weighted by atomic mass is 10.2. The molecule has 0 aromatic rings. The van der Waals surface area contributed by atoms with E-state index in [9.17, 15) is 4.57 Å². The van der Waals surface area contributed by atoms with Crippen molar-refractivity contribution in [1.29, 1.82) is 5.26 Å². The van der Waals surface area contributed by atoms with E-state index >= 15 is 0 Å². The maximum atomic E-state index is 12.0. The van der Waals surface area contributed by atoms with Gasteiger partial charge in [0.15, 0.2) is 5.16 Å². The van der Waals surface area contributed by atoms with E-state index in [0.717, 1.165) is 0 Å². The Hall–Kier alpha value is -0.360. The average Bonchev–Trinajstić information content (AvgIpc) is 2.05. The van der Waals surface area contributed by atoms with E-state index in [1.165, 1.54) is 0 Å². The zero-order valence-electron chi connectivity index (χ0n) is 8.53. The second-order valence-electron chi connectivity index (χ2n) is 3.00. The molecule has 0 N–H and O–H groups in total. The summed E-state index contributed by atoms with van der Waals surface area (Å²) in [6.07, 6.45) is 0. The molecule has 0 aliphatic heterocycles. The molecule has 0 bridgehead atoms. The van der Waals surface area contributed by atoms with Crippen molar-refractivity contribution < 1.29 is 13.6 Å². The van der Waals surface area contributed by atoms with Crippen LogP contribution in [-0.4, -0.2) is 18.4 Å². The standard InChI is InChI=1S/C8H16NO3P/c1-5-11-13(10,12-6-2)8(3,4)7-9/h5-6H2,1-4H3. The number of hydrogen-bond acceptors (Lipinski definition) is 4. The monoisotopic (exact) mass is 205 g/mol. The van der Waals surface area contributed by atoms with E-state index in [4.69, 9.17) is 14.3 Å². The van der Waals surface area contributed by atoms with Crippen molar-refractivity contribution >= 4 is 7.60 Å². The highest BCUT2D eigenvalue weighted by Crippen LogP contribution is 2.59. The van der Waals surface area contributed by atoms with Crippen molar-refractivity contribution in [3.8, 4) is 6.07 Å². The maximum absolute atomic E-state index is 12.0. The van der Waals surface area contributed by atoms with Gasteiger partial charge >= 0.3 is 7.60 Å². The first-order valence-corrected chi connectivity index (χ1v) is 5.78. The molecule has 13 heavy (non-hydrogen) atoms. The summed E-state index contributed by atoms with van der Waals surface area (Å²) >= 11 is 0. The lowest BCUT2D eigenvalue weighted by molar-refractivity contribution is 0.208. The summed E-state index contributed by atoms with van der Waals surface area (Å²) in [7, 11) is -3.28. The molecule has 0 spiro atoms. The van der Waals surface area contributed by atoms with Crippen molar-refractivity contribution in [2.24, 2.45) is 0 Å². The third-order valence-electron chi connectivity index (χ3n) is 1.56. The summed E-state index contributed by atoms with van der Waals surface area (Å²) in [5.74, 6) is 0. The van der Waals surface area contributed by atoms with Crippen molar-refractivity contribution in [3.05, 3.63) is 0 Å². The molecule has 0 aromatic carbocycles. The van der Waals surface area contributed by atoms with Crippen LogP contribution in [0.15, 0.2) is 0 Å². The third-order valence-corrected chi connectivity index (χ3v) is 4.22. The third kappa shape index (κ3) is 2.80. The SMILES string of the molecule is CCOP(=O)(OCC)C(C)(C)C#N. The first kappa shape index (κ1) is 12.6. The van der Waals surface area contributed by atoms with E-state index in [-0.39, 0.29) is 13.2 Å². The van der Waals surface area contributed by atoms with Crippen LogP contribution < -0.4 is 0 Å². The van der Waals surface area contributed by atoms with Crippen LogP contribution in [0, 0.1) is 11.3 Å². The molecule has 0 unspecified atom stereocenters. The Morgan fingerprint density at radius 1 is 1.31 bits per heavy atom. The van der Waals surface area contributed by atoms with E-state index < -0.39 is 12.8 Å². The summed E-state index contributed by atoms with van der Waals surface area (Å²) in [4.78, 5) is 0. The highest BCUT2D eigenvalue weighted by Gasteiger charge is 2.43. The molecule has 0 atom stereocenters. The molecule has 0 heterocycles. The van der Waals surface area contributed by atoms with E-state index in [1.807, 2.05) is 6.07 Å². The molecule has 5 heteroatoms. The zero-order valence-corrected chi connectivity index (χ0v) is 9.43. The zero-order chi connectivity index (χ0) is 10.5. The summed E-state index contributed by atoms with van der Waals surface area (Å²) in [5.41, 5.74) is 0. The molecular formula is C8H16NO3P. The molecule has 0 aliphatic carbocycles. The Morgan fingerprint density at radius 2 is 1.69 bits per heavy atom. The van der Waals surface area contributed by atoms with Crippen LogP contribution in [0.2, 0.25) is 0 Å². The molecule has 0 fully saturated rings. The van der Waals surface area contributed by atoms with Gasteiger partial charge in [-0.2, -0.15) is 5.26 Å². The fourth-order valence-electron chi connectivity index (χ4n) is 0.761. The Balaban J connectivity index is 4.80. The summed E-state index contributed by atoms with van der Waals surface area (Å²) < 4.78 is 22.1. The van der Waals surface area contributed by atoms with Gasteiger partial charge in [0.05, 0.1) is 19.3 Å². The van der Waals surface area contributed by atoms with Gasteiger partial charge < -0.3 is 9.05 Å². The summed E-state index contributed by atoms with van der Waals surface area (Å²) in [5, 5.41) is 7.72. The highest BCUT2D eigenvalue weighted by atomic mass is 31.2. The normalized spacial score (nSPS) is 12.5. The minimum absolute atomic E-state index is 0.280. The van der Waals surface area contributed by atoms with Crippen LogP contribution in [0.3, 0.4) is 0 Å². The molecule has 0 aromatic heterocycles. The predicted octanol–water partition coefficient (Wildman–Crippen LogP) is 2.55. The Bertz CT molecular complexity index is 234. The lowest BCUT2D eigenvalue weighted by Crippen LogP contribution is -2.21. The van der Waals surface area contributed by atoms with Gasteiger partial charge in [-0.1, -0.05) is 0 Å². The molecule has 0 aliphatic rings. The lowest BCUT2D eigenvalue weighted by Gasteiger charge is -2.26. The highest BCUT2D eigenvalue weighted by molar-refractivity contribution is 7.55. The van der Waals surface area contributed by atoms with Gasteiger partial charge in [-0.3, -0.25) is 4.57 Å². The van der Waals surface area contributed by atoms with Gasteiger partial charge in [0, 0.05) is 0 Å². The molecule has 0 saturated carbocycles. The fourth-order valence-corrected chi connectivity index (χ4v) is 2.28. The van der Waals surface area contributed by atoms with Crippen LogP contribution >= 0.6 is 7.60 Å². The van der Waals surface area contributed by atoms with Crippen molar-refractivity contribution in [3.63, 3.8) is 0 Å². The predicted molar refractivity (Wildman–Crippen MR) is 50.6 cm³/mol. The number of rotatable bonds is 5. The Morgan fingerprint density at radius 3 is 1.92 bits per heavy atom. The first-order valence-electron chi connectivity index (χ1n) is 4.24. The average molecular weight is 205 g/mol. The van der Waals surface area contributed by atoms with Crippen LogP contribution in [0.1, 0.15) is 27.7 Å². The van der Waals surface area contributed by atoms with Crippen molar-refractivity contribution in [2.75, 3.05) is 13.2 Å². The number of nitrogens with zero attached hydrogens (tertiary/aromatic N) is 1. The van der Waals surface area contributed by atoms with Gasteiger partial charge in [0.2, 0.25) is 0 Å². The second-order valence-corrected chi connectivity index (χ2v) is 5.63. The molecule has 0 saturated heterocycles. The van der Waals surface area contributed by atoms with Gasteiger partial charge in [-0.25, -0.2) is 0 Å². The Kier molecular flexibility index (Phi) is 4.63. The molecule has 76 valence electrons. The van der Waals surface area contributed by atoms with Gasteiger partial charge in [0.1, 0.15) is 0 Å². The van der Waals surface area contributed by atoms with Crippen LogP contribution in [0.4, 0.5) is 0 Å². The second kappa shape index (κ2) is 4.76. The summed E-state index contributed by atoms with van der Waals surface area (Å²) in [6, 6.07) is 1.94. The quantitative estimate of drug-likeness (QED) is 0.647. The van der Waals surface area contributed by atoms with Gasteiger partial charge in [-0.15, -0.1) is 0 Å². The summed E-state index contributed by atoms with van der Waals surface area (Å²) in [6.45, 7) is 7.11.